The van der Waals surface area contributed by atoms with Crippen molar-refractivity contribution in [1.82, 2.24) is 19.9 Å². The van der Waals surface area contributed by atoms with E-state index in [0.29, 0.717) is 18.1 Å². The number of benzene rings is 1. The Balaban J connectivity index is 1.54. The molecule has 0 aliphatic carbocycles. The van der Waals surface area contributed by atoms with Gasteiger partial charge in [-0.3, -0.25) is 10.1 Å². The first-order valence-electron chi connectivity index (χ1n) is 11.7. The van der Waals surface area contributed by atoms with E-state index in [1.807, 2.05) is 13.0 Å². The molecule has 1 aromatic carbocycles. The Hall–Kier alpha value is -3.33. The molecule has 3 N–H and O–H groups in total. The normalized spacial score (nSPS) is 18.0. The molecule has 0 saturated carbocycles. The van der Waals surface area contributed by atoms with E-state index in [1.165, 1.54) is 27.4 Å². The number of primary amides is 1. The van der Waals surface area contributed by atoms with Crippen LogP contribution in [0, 0.1) is 13.8 Å². The van der Waals surface area contributed by atoms with Crippen LogP contribution in [-0.4, -0.2) is 43.9 Å². The van der Waals surface area contributed by atoms with Crippen LogP contribution in [0.4, 0.5) is 9.93 Å². The second kappa shape index (κ2) is 9.37. The molecular weight excluding hydrogens is 460 g/mol. The molecule has 1 saturated heterocycles. The minimum atomic E-state index is -0.982. The van der Waals surface area contributed by atoms with Crippen molar-refractivity contribution < 1.29 is 9.59 Å². The van der Waals surface area contributed by atoms with E-state index in [0.717, 1.165) is 34.9 Å². The number of hydrogen-bond donors (Lipinski definition) is 2. The number of anilines is 1. The van der Waals surface area contributed by atoms with Crippen molar-refractivity contribution >= 4 is 28.4 Å². The molecule has 184 valence electrons. The average Bonchev–Trinajstić information content (AvgIpc) is 3.38. The molecule has 1 aliphatic rings. The van der Waals surface area contributed by atoms with Crippen LogP contribution in [0.5, 0.6) is 0 Å². The number of hydrogen-bond acceptors (Lipinski definition) is 6. The fraction of sp³-hybridized carbons (Fsp3) is 0.423. The van der Waals surface area contributed by atoms with Crippen LogP contribution in [0.3, 0.4) is 0 Å². The second-order valence-corrected chi connectivity index (χ2v) is 11.1. The van der Waals surface area contributed by atoms with Crippen molar-refractivity contribution in [2.45, 2.75) is 64.8 Å². The second-order valence-electron chi connectivity index (χ2n) is 10.1. The Morgan fingerprint density at radius 3 is 2.57 bits per heavy atom. The van der Waals surface area contributed by atoms with Crippen molar-refractivity contribution in [3.8, 4) is 10.6 Å². The highest BCUT2D eigenvalue weighted by Gasteiger charge is 2.44. The molecule has 0 unspecified atom stereocenters. The molecule has 35 heavy (non-hydrogen) atoms. The van der Waals surface area contributed by atoms with Gasteiger partial charge in [0.2, 0.25) is 5.91 Å². The summed E-state index contributed by atoms with van der Waals surface area (Å²) in [5, 5.41) is 3.31. The lowest BCUT2D eigenvalue weighted by Crippen LogP contribution is -2.55. The monoisotopic (exact) mass is 492 g/mol. The van der Waals surface area contributed by atoms with Gasteiger partial charge in [0.15, 0.2) is 5.13 Å². The van der Waals surface area contributed by atoms with Gasteiger partial charge in [0.1, 0.15) is 11.4 Å². The van der Waals surface area contributed by atoms with Gasteiger partial charge in [-0.25, -0.2) is 19.7 Å². The third-order valence-electron chi connectivity index (χ3n) is 6.69. The molecule has 4 rings (SSSR count). The van der Waals surface area contributed by atoms with Crippen LogP contribution >= 0.6 is 11.3 Å². The van der Waals surface area contributed by atoms with E-state index < -0.39 is 11.4 Å². The van der Waals surface area contributed by atoms with Crippen LogP contribution in [0.1, 0.15) is 56.3 Å². The first kappa shape index (κ1) is 24.8. The Labute approximate surface area is 210 Å². The summed E-state index contributed by atoms with van der Waals surface area (Å²) < 4.78 is 0. The molecule has 1 aliphatic heterocycles. The number of aryl methyl sites for hydroxylation is 2. The fourth-order valence-electron chi connectivity index (χ4n) is 4.50. The number of nitrogens with zero attached hydrogens (tertiary/aromatic N) is 4. The zero-order valence-corrected chi connectivity index (χ0v) is 21.7. The molecule has 0 spiro atoms. The van der Waals surface area contributed by atoms with E-state index in [2.05, 4.69) is 60.3 Å². The highest BCUT2D eigenvalue weighted by Crippen LogP contribution is 2.35. The lowest BCUT2D eigenvalue weighted by Gasteiger charge is -2.31. The maximum atomic E-state index is 12.9. The maximum Gasteiger partial charge on any atom is 0.324 e. The highest BCUT2D eigenvalue weighted by molar-refractivity contribution is 7.19. The SMILES string of the molecule is Cc1ccc(CC(C)(C)c2nccc(-c3sc(NC(=O)N4CCC[C@@]4(C)C(N)=O)nc3C)n2)cc1. The minimum Gasteiger partial charge on any atom is -0.368 e. The van der Waals surface area contributed by atoms with Gasteiger partial charge in [-0.05, 0) is 51.7 Å². The van der Waals surface area contributed by atoms with Crippen LogP contribution in [0.15, 0.2) is 36.5 Å². The number of nitrogens with one attached hydrogen (secondary N) is 1. The van der Waals surface area contributed by atoms with Gasteiger partial charge in [-0.2, -0.15) is 0 Å². The van der Waals surface area contributed by atoms with Gasteiger partial charge >= 0.3 is 6.03 Å². The molecular formula is C26H32N6O2S. The third kappa shape index (κ3) is 5.05. The quantitative estimate of drug-likeness (QED) is 0.522. The molecule has 1 atom stereocenters. The van der Waals surface area contributed by atoms with E-state index in [1.54, 1.807) is 13.1 Å². The zero-order chi connectivity index (χ0) is 25.4. The summed E-state index contributed by atoms with van der Waals surface area (Å²) in [6, 6.07) is 10.0. The molecule has 3 aromatic rings. The Morgan fingerprint density at radius 1 is 1.17 bits per heavy atom. The van der Waals surface area contributed by atoms with Crippen molar-refractivity contribution in [1.29, 1.82) is 0 Å². The molecule has 1 fully saturated rings. The van der Waals surface area contributed by atoms with Gasteiger partial charge < -0.3 is 10.6 Å². The number of thiazole rings is 1. The van der Waals surface area contributed by atoms with Crippen molar-refractivity contribution in [3.63, 3.8) is 0 Å². The smallest absolute Gasteiger partial charge is 0.324 e. The summed E-state index contributed by atoms with van der Waals surface area (Å²) >= 11 is 1.36. The number of amides is 3. The number of nitrogens with two attached hydrogens (primary N) is 1. The largest absolute Gasteiger partial charge is 0.368 e. The lowest BCUT2D eigenvalue weighted by molar-refractivity contribution is -0.126. The van der Waals surface area contributed by atoms with Crippen molar-refractivity contribution in [3.05, 3.63) is 59.2 Å². The number of rotatable bonds is 6. The summed E-state index contributed by atoms with van der Waals surface area (Å²) in [6.45, 7) is 10.4. The summed E-state index contributed by atoms with van der Waals surface area (Å²) in [6.07, 6.45) is 3.87. The average molecular weight is 493 g/mol. The lowest BCUT2D eigenvalue weighted by atomic mass is 9.84. The Morgan fingerprint density at radius 2 is 1.89 bits per heavy atom. The number of carbonyl (C=O) groups excluding carboxylic acids is 2. The van der Waals surface area contributed by atoms with E-state index in [-0.39, 0.29) is 11.4 Å². The molecule has 0 bridgehead atoms. The Bertz CT molecular complexity index is 1250. The molecule has 0 radical (unpaired) electrons. The molecule has 9 heteroatoms. The van der Waals surface area contributed by atoms with Gasteiger partial charge in [-0.15, -0.1) is 0 Å². The first-order chi connectivity index (χ1) is 16.5. The van der Waals surface area contributed by atoms with E-state index in [4.69, 9.17) is 10.7 Å². The predicted octanol–water partition coefficient (Wildman–Crippen LogP) is 4.61. The van der Waals surface area contributed by atoms with Crippen LogP contribution < -0.4 is 11.1 Å². The van der Waals surface area contributed by atoms with Crippen molar-refractivity contribution in [2.24, 2.45) is 5.73 Å². The van der Waals surface area contributed by atoms with Gasteiger partial charge in [0, 0.05) is 18.2 Å². The summed E-state index contributed by atoms with van der Waals surface area (Å²) in [7, 11) is 0. The van der Waals surface area contributed by atoms with Crippen molar-refractivity contribution in [2.75, 3.05) is 11.9 Å². The number of urea groups is 1. The molecule has 3 amide bonds. The van der Waals surface area contributed by atoms with Gasteiger partial charge in [0.05, 0.1) is 16.3 Å². The van der Waals surface area contributed by atoms with Crippen LogP contribution in [-0.2, 0) is 16.6 Å². The topological polar surface area (TPSA) is 114 Å². The molecule has 8 nitrogen and oxygen atoms in total. The van der Waals surface area contributed by atoms with E-state index >= 15 is 0 Å². The number of aromatic nitrogens is 3. The van der Waals surface area contributed by atoms with Gasteiger partial charge in [0.25, 0.3) is 0 Å². The fourth-order valence-corrected chi connectivity index (χ4v) is 5.42. The van der Waals surface area contributed by atoms with Gasteiger partial charge in [-0.1, -0.05) is 55.0 Å². The first-order valence-corrected chi connectivity index (χ1v) is 12.6. The summed E-state index contributed by atoms with van der Waals surface area (Å²) in [5.74, 6) is 0.256. The van der Waals surface area contributed by atoms with Crippen LogP contribution in [0.2, 0.25) is 0 Å². The predicted molar refractivity (Wildman–Crippen MR) is 138 cm³/mol. The van der Waals surface area contributed by atoms with E-state index in [9.17, 15) is 9.59 Å². The summed E-state index contributed by atoms with van der Waals surface area (Å²) in [4.78, 5) is 41.2. The Kier molecular flexibility index (Phi) is 6.64. The standard InChI is InChI=1S/C26H32N6O2S/c1-16-7-9-18(10-8-16)15-25(3,4)22-28-13-11-19(30-22)20-17(2)29-23(35-20)31-24(34)32-14-6-12-26(32,5)21(27)33/h7-11,13H,6,12,14-15H2,1-5H3,(H2,27,33)(H,29,31,34)/t26-/m0/s1. The minimum absolute atomic E-state index is 0.268. The highest BCUT2D eigenvalue weighted by atomic mass is 32.1. The third-order valence-corrected chi connectivity index (χ3v) is 7.78. The summed E-state index contributed by atoms with van der Waals surface area (Å²) in [5.41, 5.74) is 8.33. The molecule has 3 heterocycles. The zero-order valence-electron chi connectivity index (χ0n) is 20.9. The molecule has 2 aromatic heterocycles. The number of carbonyl (C=O) groups is 2. The van der Waals surface area contributed by atoms with Crippen LogP contribution in [0.25, 0.3) is 10.6 Å². The maximum absolute atomic E-state index is 12.9. The number of likely N-dealkylation sites (tertiary alicyclic amines) is 1.